The topological polar surface area (TPSA) is 36.7 Å². The van der Waals surface area contributed by atoms with Gasteiger partial charge in [0.2, 0.25) is 0 Å². The van der Waals surface area contributed by atoms with Gasteiger partial charge in [0.1, 0.15) is 23.3 Å². The zero-order chi connectivity index (χ0) is 9.14. The summed E-state index contributed by atoms with van der Waals surface area (Å²) in [6, 6.07) is 2.88. The Kier molecular flexibility index (Phi) is 2.29. The van der Waals surface area contributed by atoms with Gasteiger partial charge in [-0.05, 0) is 0 Å². The molecule has 0 atom stereocenters. The monoisotopic (exact) mass is 172 g/mol. The molecule has 1 aromatic heterocycles. The van der Waals surface area contributed by atoms with E-state index in [1.54, 1.807) is 0 Å². The van der Waals surface area contributed by atoms with Crippen LogP contribution in [0.25, 0.3) is 0 Å². The van der Waals surface area contributed by atoms with Gasteiger partial charge >= 0.3 is 0 Å². The number of hydrogen-bond donors (Lipinski definition) is 0. The van der Waals surface area contributed by atoms with E-state index < -0.39 is 17.9 Å². The summed E-state index contributed by atoms with van der Waals surface area (Å²) in [4.78, 5) is 3.20. The SMILES string of the molecule is N#Cc1cc(F)cc(C(F)F)n1. The van der Waals surface area contributed by atoms with Crippen molar-refractivity contribution in [3.8, 4) is 6.07 Å². The van der Waals surface area contributed by atoms with Crippen LogP contribution in [0.15, 0.2) is 12.1 Å². The van der Waals surface area contributed by atoms with Crippen LogP contribution in [0.2, 0.25) is 0 Å². The van der Waals surface area contributed by atoms with Crippen molar-refractivity contribution in [2.75, 3.05) is 0 Å². The second-order valence-corrected chi connectivity index (χ2v) is 2.01. The van der Waals surface area contributed by atoms with Gasteiger partial charge in [0.15, 0.2) is 0 Å². The molecule has 0 fully saturated rings. The largest absolute Gasteiger partial charge is 0.280 e. The van der Waals surface area contributed by atoms with Crippen molar-refractivity contribution < 1.29 is 13.2 Å². The van der Waals surface area contributed by atoms with E-state index in [1.165, 1.54) is 6.07 Å². The lowest BCUT2D eigenvalue weighted by atomic mass is 10.3. The zero-order valence-electron chi connectivity index (χ0n) is 5.76. The summed E-state index contributed by atoms with van der Waals surface area (Å²) in [5.41, 5.74) is -1.06. The van der Waals surface area contributed by atoms with Crippen LogP contribution >= 0.6 is 0 Å². The van der Waals surface area contributed by atoms with Gasteiger partial charge in [0, 0.05) is 12.1 Å². The summed E-state index contributed by atoms with van der Waals surface area (Å²) in [6.07, 6.45) is -2.85. The molecule has 62 valence electrons. The summed E-state index contributed by atoms with van der Waals surface area (Å²) in [7, 11) is 0. The maximum absolute atomic E-state index is 12.5. The number of nitriles is 1. The maximum Gasteiger partial charge on any atom is 0.280 e. The van der Waals surface area contributed by atoms with Gasteiger partial charge < -0.3 is 0 Å². The quantitative estimate of drug-likeness (QED) is 0.649. The van der Waals surface area contributed by atoms with Crippen molar-refractivity contribution in [1.29, 1.82) is 5.26 Å². The lowest BCUT2D eigenvalue weighted by Crippen LogP contribution is -1.94. The number of aromatic nitrogens is 1. The summed E-state index contributed by atoms with van der Waals surface area (Å²) >= 11 is 0. The molecule has 5 heteroatoms. The second-order valence-electron chi connectivity index (χ2n) is 2.01. The molecular weight excluding hydrogens is 169 g/mol. The molecule has 0 aromatic carbocycles. The van der Waals surface area contributed by atoms with Crippen molar-refractivity contribution in [2.24, 2.45) is 0 Å². The van der Waals surface area contributed by atoms with Gasteiger partial charge in [-0.25, -0.2) is 18.2 Å². The number of nitrogens with zero attached hydrogens (tertiary/aromatic N) is 2. The molecule has 12 heavy (non-hydrogen) atoms. The van der Waals surface area contributed by atoms with Gasteiger partial charge in [0.05, 0.1) is 0 Å². The molecule has 0 saturated heterocycles. The molecule has 0 unspecified atom stereocenters. The van der Waals surface area contributed by atoms with Crippen LogP contribution in [0.3, 0.4) is 0 Å². The molecule has 0 amide bonds. The molecule has 1 rings (SSSR count). The van der Waals surface area contributed by atoms with E-state index in [1.807, 2.05) is 0 Å². The van der Waals surface area contributed by atoms with Gasteiger partial charge in [-0.15, -0.1) is 0 Å². The Morgan fingerprint density at radius 1 is 1.42 bits per heavy atom. The molecule has 1 aromatic rings. The van der Waals surface area contributed by atoms with Crippen LogP contribution in [0.5, 0.6) is 0 Å². The van der Waals surface area contributed by atoms with Crippen molar-refractivity contribution in [3.05, 3.63) is 29.3 Å². The predicted molar refractivity (Wildman–Crippen MR) is 33.9 cm³/mol. The van der Waals surface area contributed by atoms with E-state index >= 15 is 0 Å². The number of pyridine rings is 1. The van der Waals surface area contributed by atoms with Crippen LogP contribution in [0.1, 0.15) is 17.8 Å². The van der Waals surface area contributed by atoms with E-state index in [0.717, 1.165) is 6.07 Å². The maximum atomic E-state index is 12.5. The highest BCUT2D eigenvalue weighted by Gasteiger charge is 2.11. The van der Waals surface area contributed by atoms with Crippen molar-refractivity contribution in [1.82, 2.24) is 4.98 Å². The molecule has 0 aliphatic carbocycles. The third-order valence-electron chi connectivity index (χ3n) is 1.15. The molecule has 0 saturated carbocycles. The summed E-state index contributed by atoms with van der Waals surface area (Å²) in [5, 5.41) is 8.24. The van der Waals surface area contributed by atoms with Crippen molar-refractivity contribution in [3.63, 3.8) is 0 Å². The molecule has 1 heterocycles. The molecule has 0 radical (unpaired) electrons. The third-order valence-corrected chi connectivity index (χ3v) is 1.15. The lowest BCUT2D eigenvalue weighted by Gasteiger charge is -1.98. The van der Waals surface area contributed by atoms with Crippen LogP contribution in [0, 0.1) is 17.1 Å². The van der Waals surface area contributed by atoms with E-state index in [9.17, 15) is 13.2 Å². The zero-order valence-corrected chi connectivity index (χ0v) is 5.76. The van der Waals surface area contributed by atoms with Crippen LogP contribution in [-0.2, 0) is 0 Å². The Labute approximate surface area is 66.3 Å². The molecule has 0 aliphatic heterocycles. The van der Waals surface area contributed by atoms with E-state index in [4.69, 9.17) is 5.26 Å². The smallest absolute Gasteiger partial charge is 0.236 e. The average molecular weight is 172 g/mol. The van der Waals surface area contributed by atoms with Crippen LogP contribution < -0.4 is 0 Å². The highest BCUT2D eigenvalue weighted by molar-refractivity contribution is 5.23. The highest BCUT2D eigenvalue weighted by atomic mass is 19.3. The summed E-state index contributed by atoms with van der Waals surface area (Å²) < 4.78 is 36.3. The Bertz CT molecular complexity index is 330. The first-order chi connectivity index (χ1) is 5.63. The van der Waals surface area contributed by atoms with E-state index in [2.05, 4.69) is 4.98 Å². The normalized spacial score (nSPS) is 9.92. The van der Waals surface area contributed by atoms with E-state index in [-0.39, 0.29) is 5.69 Å². The molecular formula is C7H3F3N2. The van der Waals surface area contributed by atoms with Crippen molar-refractivity contribution >= 4 is 0 Å². The predicted octanol–water partition coefficient (Wildman–Crippen LogP) is 2.03. The number of rotatable bonds is 1. The fourth-order valence-corrected chi connectivity index (χ4v) is 0.686. The van der Waals surface area contributed by atoms with Crippen LogP contribution in [-0.4, -0.2) is 4.98 Å². The van der Waals surface area contributed by atoms with Crippen LogP contribution in [0.4, 0.5) is 13.2 Å². The fraction of sp³-hybridized carbons (Fsp3) is 0.143. The minimum absolute atomic E-state index is 0.342. The minimum atomic E-state index is -2.85. The van der Waals surface area contributed by atoms with Gasteiger partial charge in [-0.1, -0.05) is 0 Å². The Balaban J connectivity index is 3.17. The number of halogens is 3. The molecule has 2 nitrogen and oxygen atoms in total. The lowest BCUT2D eigenvalue weighted by molar-refractivity contribution is 0.145. The highest BCUT2D eigenvalue weighted by Crippen LogP contribution is 2.17. The average Bonchev–Trinajstić information content (AvgIpc) is 2.03. The second kappa shape index (κ2) is 3.22. The van der Waals surface area contributed by atoms with Gasteiger partial charge in [-0.2, -0.15) is 5.26 Å². The Hall–Kier alpha value is -1.57. The molecule has 0 aliphatic rings. The van der Waals surface area contributed by atoms with E-state index in [0.29, 0.717) is 6.07 Å². The Morgan fingerprint density at radius 2 is 2.08 bits per heavy atom. The third kappa shape index (κ3) is 1.72. The first-order valence-electron chi connectivity index (χ1n) is 2.99. The summed E-state index contributed by atoms with van der Waals surface area (Å²) in [6.45, 7) is 0. The Morgan fingerprint density at radius 3 is 2.58 bits per heavy atom. The molecule has 0 spiro atoms. The minimum Gasteiger partial charge on any atom is -0.236 e. The molecule has 0 bridgehead atoms. The first-order valence-corrected chi connectivity index (χ1v) is 2.99. The first kappa shape index (κ1) is 8.53. The van der Waals surface area contributed by atoms with Gasteiger partial charge in [-0.3, -0.25) is 0 Å². The van der Waals surface area contributed by atoms with Gasteiger partial charge in [0.25, 0.3) is 6.43 Å². The fourth-order valence-electron chi connectivity index (χ4n) is 0.686. The van der Waals surface area contributed by atoms with Crippen molar-refractivity contribution in [2.45, 2.75) is 6.43 Å². The number of alkyl halides is 2. The summed E-state index contributed by atoms with van der Waals surface area (Å²) in [5.74, 6) is -0.878. The number of hydrogen-bond acceptors (Lipinski definition) is 2. The molecule has 0 N–H and O–H groups in total. The standard InChI is InChI=1S/C7H3F3N2/c8-4-1-5(3-11)12-6(2-4)7(9)10/h1-2,7H.